The molecule has 0 unspecified atom stereocenters. The number of hydrogen-bond acceptors (Lipinski definition) is 4. The van der Waals surface area contributed by atoms with Crippen molar-refractivity contribution in [1.29, 1.82) is 0 Å². The lowest BCUT2D eigenvalue weighted by Gasteiger charge is -2.10. The number of anilines is 1. The van der Waals surface area contributed by atoms with Gasteiger partial charge in [0.2, 0.25) is 5.89 Å². The number of oxazole rings is 1. The van der Waals surface area contributed by atoms with Gasteiger partial charge in [0.1, 0.15) is 10.7 Å². The van der Waals surface area contributed by atoms with Crippen molar-refractivity contribution in [2.45, 2.75) is 20.4 Å². The number of aromatic nitrogens is 1. The van der Waals surface area contributed by atoms with Gasteiger partial charge in [-0.1, -0.05) is 28.1 Å². The summed E-state index contributed by atoms with van der Waals surface area (Å²) in [7, 11) is 0. The Hall–Kier alpha value is -1.40. The number of nitrogens with two attached hydrogens (primary N) is 1. The maximum atomic E-state index is 5.70. The molecule has 1 aromatic heterocycles. The minimum Gasteiger partial charge on any atom is -0.444 e. The predicted molar refractivity (Wildman–Crippen MR) is 83.3 cm³/mol. The maximum Gasteiger partial charge on any atom is 0.213 e. The van der Waals surface area contributed by atoms with Crippen LogP contribution < -0.4 is 11.1 Å². The Morgan fingerprint density at radius 1 is 1.47 bits per heavy atom. The fraction of sp³-hybridized carbons (Fsp3) is 0.231. The monoisotopic (exact) mass is 339 g/mol. The number of aryl methyl sites for hydroxylation is 2. The van der Waals surface area contributed by atoms with Crippen molar-refractivity contribution >= 4 is 38.8 Å². The number of benzene rings is 1. The first-order valence-corrected chi connectivity index (χ1v) is 6.93. The zero-order valence-electron chi connectivity index (χ0n) is 10.7. The Morgan fingerprint density at radius 3 is 2.79 bits per heavy atom. The number of nitrogens with zero attached hydrogens (tertiary/aromatic N) is 1. The molecule has 3 N–H and O–H groups in total. The zero-order valence-corrected chi connectivity index (χ0v) is 13.1. The lowest BCUT2D eigenvalue weighted by atomic mass is 10.2. The van der Waals surface area contributed by atoms with Gasteiger partial charge in [0.05, 0.1) is 12.2 Å². The first kappa shape index (κ1) is 14.0. The third-order valence-electron chi connectivity index (χ3n) is 2.75. The molecule has 0 radical (unpaired) electrons. The second-order valence-electron chi connectivity index (χ2n) is 4.16. The van der Waals surface area contributed by atoms with Gasteiger partial charge in [-0.05, 0) is 32.0 Å². The van der Waals surface area contributed by atoms with Crippen molar-refractivity contribution < 1.29 is 4.42 Å². The van der Waals surface area contributed by atoms with Gasteiger partial charge in [0.15, 0.2) is 0 Å². The predicted octanol–water partition coefficient (Wildman–Crippen LogP) is 3.30. The maximum absolute atomic E-state index is 5.70. The number of nitrogens with one attached hydrogen (secondary N) is 1. The highest BCUT2D eigenvalue weighted by molar-refractivity contribution is 9.10. The normalized spacial score (nSPS) is 10.5. The molecule has 4 nitrogen and oxygen atoms in total. The Labute approximate surface area is 125 Å². The van der Waals surface area contributed by atoms with Crippen molar-refractivity contribution in [3.05, 3.63) is 45.6 Å². The van der Waals surface area contributed by atoms with Crippen LogP contribution in [0.2, 0.25) is 0 Å². The summed E-state index contributed by atoms with van der Waals surface area (Å²) < 4.78 is 6.47. The van der Waals surface area contributed by atoms with Crippen molar-refractivity contribution in [2.75, 3.05) is 5.32 Å². The van der Waals surface area contributed by atoms with Crippen LogP contribution in [0.25, 0.3) is 0 Å². The lowest BCUT2D eigenvalue weighted by molar-refractivity contribution is 0.478. The summed E-state index contributed by atoms with van der Waals surface area (Å²) in [5, 5.41) is 3.24. The molecule has 0 aliphatic carbocycles. The molecule has 1 aromatic carbocycles. The number of hydrogen-bond donors (Lipinski definition) is 2. The van der Waals surface area contributed by atoms with E-state index in [2.05, 4.69) is 26.2 Å². The van der Waals surface area contributed by atoms with E-state index in [1.165, 1.54) is 0 Å². The van der Waals surface area contributed by atoms with E-state index in [4.69, 9.17) is 22.4 Å². The van der Waals surface area contributed by atoms with E-state index in [0.717, 1.165) is 27.2 Å². The molecular weight excluding hydrogens is 326 g/mol. The molecule has 19 heavy (non-hydrogen) atoms. The van der Waals surface area contributed by atoms with Crippen LogP contribution in [-0.4, -0.2) is 9.97 Å². The molecule has 0 aliphatic heterocycles. The van der Waals surface area contributed by atoms with E-state index >= 15 is 0 Å². The van der Waals surface area contributed by atoms with Crippen molar-refractivity contribution in [1.82, 2.24) is 4.98 Å². The topological polar surface area (TPSA) is 64.1 Å². The Balaban J connectivity index is 2.19. The minimum absolute atomic E-state index is 0.356. The highest BCUT2D eigenvalue weighted by Gasteiger charge is 2.09. The average molecular weight is 340 g/mol. The second kappa shape index (κ2) is 5.71. The van der Waals surface area contributed by atoms with Gasteiger partial charge < -0.3 is 15.5 Å². The van der Waals surface area contributed by atoms with Crippen LogP contribution >= 0.6 is 28.1 Å². The van der Waals surface area contributed by atoms with Crippen molar-refractivity contribution in [3.63, 3.8) is 0 Å². The van der Waals surface area contributed by atoms with Crippen LogP contribution in [0.1, 0.15) is 22.9 Å². The summed E-state index contributed by atoms with van der Waals surface area (Å²) in [6.45, 7) is 4.30. The van der Waals surface area contributed by atoms with Crippen LogP contribution in [0.15, 0.2) is 27.1 Å². The number of thiocarbonyl (C=S) groups is 1. The quantitative estimate of drug-likeness (QED) is 0.836. The van der Waals surface area contributed by atoms with E-state index < -0.39 is 0 Å². The molecule has 6 heteroatoms. The minimum atomic E-state index is 0.356. The number of rotatable bonds is 4. The standard InChI is InChI=1S/C13H14BrN3OS/c1-7-8(2)18-12(17-7)6-16-11-5-9(14)3-4-10(11)13(15)19/h3-5,16H,6H2,1-2H3,(H2,15,19). The molecule has 1 heterocycles. The average Bonchev–Trinajstić information content (AvgIpc) is 2.66. The van der Waals surface area contributed by atoms with Gasteiger partial charge in [0.25, 0.3) is 0 Å². The van der Waals surface area contributed by atoms with E-state index in [0.29, 0.717) is 17.4 Å². The Morgan fingerprint density at radius 2 is 2.21 bits per heavy atom. The largest absolute Gasteiger partial charge is 0.444 e. The molecule has 0 bridgehead atoms. The molecule has 0 fully saturated rings. The van der Waals surface area contributed by atoms with Gasteiger partial charge in [-0.15, -0.1) is 0 Å². The molecule has 0 spiro atoms. The van der Waals surface area contributed by atoms with Gasteiger partial charge in [-0.2, -0.15) is 0 Å². The van der Waals surface area contributed by atoms with E-state index in [1.807, 2.05) is 32.0 Å². The molecule has 100 valence electrons. The first-order valence-electron chi connectivity index (χ1n) is 5.73. The molecule has 2 aromatic rings. The van der Waals surface area contributed by atoms with Crippen LogP contribution in [0.3, 0.4) is 0 Å². The van der Waals surface area contributed by atoms with E-state index in [1.54, 1.807) is 0 Å². The summed E-state index contributed by atoms with van der Waals surface area (Å²) >= 11 is 8.46. The SMILES string of the molecule is Cc1nc(CNc2cc(Br)ccc2C(N)=S)oc1C. The molecule has 0 saturated heterocycles. The Bertz CT molecular complexity index is 605. The zero-order chi connectivity index (χ0) is 14.0. The Kier molecular flexibility index (Phi) is 4.21. The van der Waals surface area contributed by atoms with Crippen LogP contribution in [-0.2, 0) is 6.54 Å². The molecule has 2 rings (SSSR count). The van der Waals surface area contributed by atoms with E-state index in [9.17, 15) is 0 Å². The molecule has 0 saturated carbocycles. The molecular formula is C13H14BrN3OS. The summed E-state index contributed by atoms with van der Waals surface area (Å²) in [5.41, 5.74) is 8.26. The fourth-order valence-electron chi connectivity index (χ4n) is 1.66. The lowest BCUT2D eigenvalue weighted by Crippen LogP contribution is -2.13. The summed E-state index contributed by atoms with van der Waals surface area (Å²) in [5.74, 6) is 1.48. The van der Waals surface area contributed by atoms with Crippen LogP contribution in [0.5, 0.6) is 0 Å². The third-order valence-corrected chi connectivity index (χ3v) is 3.46. The fourth-order valence-corrected chi connectivity index (χ4v) is 2.20. The summed E-state index contributed by atoms with van der Waals surface area (Å²) in [6, 6.07) is 5.71. The van der Waals surface area contributed by atoms with Gasteiger partial charge in [0, 0.05) is 15.7 Å². The summed E-state index contributed by atoms with van der Waals surface area (Å²) in [4.78, 5) is 4.67. The second-order valence-corrected chi connectivity index (χ2v) is 5.51. The van der Waals surface area contributed by atoms with Crippen molar-refractivity contribution in [2.24, 2.45) is 5.73 Å². The highest BCUT2D eigenvalue weighted by atomic mass is 79.9. The molecule has 0 amide bonds. The summed E-state index contributed by atoms with van der Waals surface area (Å²) in [6.07, 6.45) is 0. The molecule has 0 atom stereocenters. The van der Waals surface area contributed by atoms with E-state index in [-0.39, 0.29) is 0 Å². The van der Waals surface area contributed by atoms with Gasteiger partial charge in [-0.25, -0.2) is 4.98 Å². The van der Waals surface area contributed by atoms with Crippen LogP contribution in [0.4, 0.5) is 5.69 Å². The molecule has 0 aliphatic rings. The smallest absolute Gasteiger partial charge is 0.213 e. The third kappa shape index (κ3) is 3.33. The number of halogens is 1. The van der Waals surface area contributed by atoms with Gasteiger partial charge >= 0.3 is 0 Å². The van der Waals surface area contributed by atoms with Gasteiger partial charge in [-0.3, -0.25) is 0 Å². The van der Waals surface area contributed by atoms with Crippen LogP contribution in [0, 0.1) is 13.8 Å². The van der Waals surface area contributed by atoms with Crippen molar-refractivity contribution in [3.8, 4) is 0 Å². The first-order chi connectivity index (χ1) is 8.97. The highest BCUT2D eigenvalue weighted by Crippen LogP contribution is 2.22.